The number of rotatable bonds is 6. The van der Waals surface area contributed by atoms with Crippen molar-refractivity contribution in [1.29, 1.82) is 0 Å². The lowest BCUT2D eigenvalue weighted by Crippen LogP contribution is -2.24. The Labute approximate surface area is 150 Å². The molecule has 1 aromatic carbocycles. The largest absolute Gasteiger partial charge is 0.360 e. The number of aromatic nitrogens is 3. The van der Waals surface area contributed by atoms with Gasteiger partial charge in [0, 0.05) is 17.3 Å². The number of amides is 1. The van der Waals surface area contributed by atoms with Crippen LogP contribution in [0.4, 0.5) is 5.82 Å². The molecule has 7 heteroatoms. The number of nitrogens with zero attached hydrogens (tertiary/aromatic N) is 2. The van der Waals surface area contributed by atoms with Crippen LogP contribution in [0.1, 0.15) is 24.8 Å². The molecule has 0 aliphatic rings. The molecule has 0 bridgehead atoms. The first-order chi connectivity index (χ1) is 12.1. The molecule has 2 heterocycles. The monoisotopic (exact) mass is 356 g/mol. The third-order valence-electron chi connectivity index (χ3n) is 3.71. The predicted octanol–water partition coefficient (Wildman–Crippen LogP) is 4.19. The number of thioether (sulfide) groups is 1. The van der Waals surface area contributed by atoms with E-state index in [1.807, 2.05) is 44.2 Å². The van der Waals surface area contributed by atoms with Gasteiger partial charge in [0.25, 0.3) is 0 Å². The molecule has 130 valence electrons. The molecule has 6 nitrogen and oxygen atoms in total. The number of nitrogens with one attached hydrogen (secondary N) is 2. The van der Waals surface area contributed by atoms with Crippen molar-refractivity contribution >= 4 is 23.5 Å². The highest BCUT2D eigenvalue weighted by molar-refractivity contribution is 8.00. The topological polar surface area (TPSA) is 83.8 Å². The number of benzene rings is 1. The van der Waals surface area contributed by atoms with Crippen molar-refractivity contribution in [3.05, 3.63) is 47.9 Å². The van der Waals surface area contributed by atoms with Gasteiger partial charge in [-0.3, -0.25) is 4.79 Å². The van der Waals surface area contributed by atoms with Crippen LogP contribution >= 0.6 is 11.8 Å². The summed E-state index contributed by atoms with van der Waals surface area (Å²) in [6.07, 6.45) is 0.674. The lowest BCUT2D eigenvalue weighted by atomic mass is 10.1. The fraction of sp³-hybridized carbons (Fsp3) is 0.278. The molecule has 1 atom stereocenters. The summed E-state index contributed by atoms with van der Waals surface area (Å²) in [6.45, 7) is 5.74. The minimum absolute atomic E-state index is 0.115. The number of anilines is 1. The van der Waals surface area contributed by atoms with Crippen molar-refractivity contribution in [1.82, 2.24) is 15.1 Å². The van der Waals surface area contributed by atoms with E-state index in [0.717, 1.165) is 22.1 Å². The SMILES string of the molecule is CC[C@H](Sc1nc(-c2ccccc2)c(C)[nH]1)C(=O)Nc1cc(C)on1. The maximum Gasteiger partial charge on any atom is 0.239 e. The van der Waals surface area contributed by atoms with E-state index in [4.69, 9.17) is 4.52 Å². The van der Waals surface area contributed by atoms with Crippen molar-refractivity contribution in [3.8, 4) is 11.3 Å². The predicted molar refractivity (Wildman–Crippen MR) is 98.6 cm³/mol. The molecule has 0 radical (unpaired) electrons. The van der Waals surface area contributed by atoms with Crippen LogP contribution in [0.25, 0.3) is 11.3 Å². The highest BCUT2D eigenvalue weighted by Gasteiger charge is 2.21. The average molecular weight is 356 g/mol. The van der Waals surface area contributed by atoms with Crippen LogP contribution in [-0.4, -0.2) is 26.3 Å². The number of aryl methyl sites for hydroxylation is 2. The fourth-order valence-corrected chi connectivity index (χ4v) is 3.41. The Morgan fingerprint density at radius 2 is 2.08 bits per heavy atom. The molecule has 0 unspecified atom stereocenters. The first-order valence-corrected chi connectivity index (χ1v) is 8.97. The number of aromatic amines is 1. The summed E-state index contributed by atoms with van der Waals surface area (Å²) in [4.78, 5) is 20.4. The lowest BCUT2D eigenvalue weighted by Gasteiger charge is -2.11. The molecule has 0 aliphatic heterocycles. The fourth-order valence-electron chi connectivity index (χ4n) is 2.45. The Balaban J connectivity index is 1.72. The van der Waals surface area contributed by atoms with Crippen LogP contribution < -0.4 is 5.32 Å². The molecule has 2 aromatic heterocycles. The van der Waals surface area contributed by atoms with Crippen molar-refractivity contribution in [2.24, 2.45) is 0 Å². The second-order valence-electron chi connectivity index (χ2n) is 5.71. The van der Waals surface area contributed by atoms with Crippen molar-refractivity contribution in [3.63, 3.8) is 0 Å². The molecule has 0 aliphatic carbocycles. The minimum Gasteiger partial charge on any atom is -0.360 e. The zero-order valence-electron chi connectivity index (χ0n) is 14.4. The molecule has 0 saturated heterocycles. The first kappa shape index (κ1) is 17.3. The Morgan fingerprint density at radius 3 is 2.72 bits per heavy atom. The zero-order valence-corrected chi connectivity index (χ0v) is 15.2. The highest BCUT2D eigenvalue weighted by atomic mass is 32.2. The maximum absolute atomic E-state index is 12.5. The normalized spacial score (nSPS) is 12.1. The molecule has 1 amide bonds. The van der Waals surface area contributed by atoms with Gasteiger partial charge in [0.05, 0.1) is 10.9 Å². The van der Waals surface area contributed by atoms with Crippen molar-refractivity contribution in [2.45, 2.75) is 37.6 Å². The summed E-state index contributed by atoms with van der Waals surface area (Å²) < 4.78 is 4.98. The Hall–Kier alpha value is -2.54. The van der Waals surface area contributed by atoms with Gasteiger partial charge in [-0.05, 0) is 20.3 Å². The maximum atomic E-state index is 12.5. The Kier molecular flexibility index (Phi) is 5.23. The van der Waals surface area contributed by atoms with Crippen molar-refractivity contribution < 1.29 is 9.32 Å². The molecule has 3 aromatic rings. The molecule has 0 spiro atoms. The Bertz CT molecular complexity index is 857. The van der Waals surface area contributed by atoms with E-state index in [1.54, 1.807) is 13.0 Å². The average Bonchev–Trinajstić information content (AvgIpc) is 3.18. The molecular weight excluding hydrogens is 336 g/mol. The number of H-pyrrole nitrogens is 1. The quantitative estimate of drug-likeness (QED) is 0.647. The standard InChI is InChI=1S/C18H20N4O2S/c1-4-14(17(23)20-15-10-11(2)24-22-15)25-18-19-12(3)16(21-18)13-8-6-5-7-9-13/h5-10,14H,4H2,1-3H3,(H,19,21)(H,20,22,23)/t14-/m0/s1. The molecule has 25 heavy (non-hydrogen) atoms. The van der Waals surface area contributed by atoms with E-state index in [0.29, 0.717) is 18.0 Å². The van der Waals surface area contributed by atoms with E-state index < -0.39 is 0 Å². The van der Waals surface area contributed by atoms with E-state index >= 15 is 0 Å². The third-order valence-corrected chi connectivity index (χ3v) is 4.96. The molecule has 0 saturated carbocycles. The van der Waals surface area contributed by atoms with Gasteiger partial charge in [0.2, 0.25) is 5.91 Å². The van der Waals surface area contributed by atoms with Crippen LogP contribution in [0.2, 0.25) is 0 Å². The van der Waals surface area contributed by atoms with Crippen LogP contribution in [-0.2, 0) is 4.79 Å². The molecule has 2 N–H and O–H groups in total. The second kappa shape index (κ2) is 7.57. The molecule has 0 fully saturated rings. The van der Waals surface area contributed by atoms with E-state index in [9.17, 15) is 4.79 Å². The van der Waals surface area contributed by atoms with Crippen LogP contribution in [0.5, 0.6) is 0 Å². The highest BCUT2D eigenvalue weighted by Crippen LogP contribution is 2.29. The summed E-state index contributed by atoms with van der Waals surface area (Å²) >= 11 is 1.42. The minimum atomic E-state index is -0.272. The summed E-state index contributed by atoms with van der Waals surface area (Å²) in [7, 11) is 0. The lowest BCUT2D eigenvalue weighted by molar-refractivity contribution is -0.115. The van der Waals surface area contributed by atoms with Gasteiger partial charge in [-0.25, -0.2) is 4.98 Å². The number of carbonyl (C=O) groups excluding carboxylic acids is 1. The van der Waals surface area contributed by atoms with E-state index in [1.165, 1.54) is 11.8 Å². The van der Waals surface area contributed by atoms with Crippen molar-refractivity contribution in [2.75, 3.05) is 5.32 Å². The molecular formula is C18H20N4O2S. The molecule has 3 rings (SSSR count). The smallest absolute Gasteiger partial charge is 0.239 e. The van der Waals surface area contributed by atoms with Gasteiger partial charge >= 0.3 is 0 Å². The van der Waals surface area contributed by atoms with E-state index in [2.05, 4.69) is 20.4 Å². The summed E-state index contributed by atoms with van der Waals surface area (Å²) in [6, 6.07) is 11.7. The summed E-state index contributed by atoms with van der Waals surface area (Å²) in [5.74, 6) is 0.975. The van der Waals surface area contributed by atoms with Gasteiger partial charge in [0.15, 0.2) is 11.0 Å². The number of hydrogen-bond donors (Lipinski definition) is 2. The summed E-state index contributed by atoms with van der Waals surface area (Å²) in [5.41, 5.74) is 2.94. The van der Waals surface area contributed by atoms with Gasteiger partial charge < -0.3 is 14.8 Å². The first-order valence-electron chi connectivity index (χ1n) is 8.09. The summed E-state index contributed by atoms with van der Waals surface area (Å²) in [5, 5.41) is 7.04. The number of hydrogen-bond acceptors (Lipinski definition) is 5. The van der Waals surface area contributed by atoms with Gasteiger partial charge in [-0.1, -0.05) is 54.2 Å². The van der Waals surface area contributed by atoms with Crippen LogP contribution in [0.15, 0.2) is 46.1 Å². The number of carbonyl (C=O) groups is 1. The third kappa shape index (κ3) is 4.11. The number of imidazole rings is 1. The van der Waals surface area contributed by atoms with Crippen LogP contribution in [0.3, 0.4) is 0 Å². The van der Waals surface area contributed by atoms with Gasteiger partial charge in [0.1, 0.15) is 5.76 Å². The Morgan fingerprint density at radius 1 is 1.32 bits per heavy atom. The van der Waals surface area contributed by atoms with Crippen LogP contribution in [0, 0.1) is 13.8 Å². The zero-order chi connectivity index (χ0) is 17.8. The van der Waals surface area contributed by atoms with E-state index in [-0.39, 0.29) is 11.2 Å². The van der Waals surface area contributed by atoms with Gasteiger partial charge in [-0.2, -0.15) is 0 Å². The van der Waals surface area contributed by atoms with Gasteiger partial charge in [-0.15, -0.1) is 0 Å². The second-order valence-corrected chi connectivity index (χ2v) is 6.90.